The molecule has 5 nitrogen and oxygen atoms in total. The van der Waals surface area contributed by atoms with Crippen LogP contribution in [-0.2, 0) is 11.3 Å². The minimum atomic E-state index is -0.159. The van der Waals surface area contributed by atoms with Gasteiger partial charge in [0, 0.05) is 24.7 Å². The average molecular weight is 303 g/mol. The molecule has 1 aromatic rings. The Balaban J connectivity index is 1.75. The lowest BCUT2D eigenvalue weighted by atomic mass is 10.1. The Morgan fingerprint density at radius 1 is 1.23 bits per heavy atom. The molecule has 0 atom stereocenters. The van der Waals surface area contributed by atoms with E-state index >= 15 is 0 Å². The summed E-state index contributed by atoms with van der Waals surface area (Å²) in [5.74, 6) is 0.858. The first-order chi connectivity index (χ1) is 10.5. The molecular weight excluding hydrogens is 278 g/mol. The van der Waals surface area contributed by atoms with Gasteiger partial charge in [0.1, 0.15) is 0 Å². The van der Waals surface area contributed by atoms with Crippen LogP contribution < -0.4 is 16.0 Å². The van der Waals surface area contributed by atoms with Crippen LogP contribution in [0.2, 0.25) is 0 Å². The number of benzene rings is 1. The van der Waals surface area contributed by atoms with Crippen molar-refractivity contribution in [1.82, 2.24) is 10.6 Å². The highest BCUT2D eigenvalue weighted by Gasteiger charge is 2.29. The number of anilines is 1. The zero-order chi connectivity index (χ0) is 15.9. The molecule has 1 aliphatic carbocycles. The van der Waals surface area contributed by atoms with Crippen molar-refractivity contribution >= 4 is 17.6 Å². The molecule has 0 heterocycles. The molecule has 1 aromatic carbocycles. The standard InChI is InChI=1S/C17H25N3O2/c1-12(2)8-9-18-17(22)19-11-13-4-3-5-15(10-13)20-16(21)14-6-7-14/h3-5,10,12,14H,6-9,11H2,1-2H3,(H,20,21)(H2,18,19,22). The second kappa shape index (κ2) is 7.82. The van der Waals surface area contributed by atoms with Crippen LogP contribution in [0.4, 0.5) is 10.5 Å². The van der Waals surface area contributed by atoms with Crippen molar-refractivity contribution in [3.05, 3.63) is 29.8 Å². The van der Waals surface area contributed by atoms with E-state index in [1.165, 1.54) is 0 Å². The molecule has 1 fully saturated rings. The van der Waals surface area contributed by atoms with Crippen LogP contribution in [0.1, 0.15) is 38.7 Å². The molecule has 5 heteroatoms. The third-order valence-corrected chi connectivity index (χ3v) is 3.60. The van der Waals surface area contributed by atoms with Crippen molar-refractivity contribution in [3.63, 3.8) is 0 Å². The minimum absolute atomic E-state index is 0.0940. The van der Waals surface area contributed by atoms with E-state index in [9.17, 15) is 9.59 Å². The molecule has 0 saturated heterocycles. The van der Waals surface area contributed by atoms with Gasteiger partial charge in [-0.3, -0.25) is 4.79 Å². The smallest absolute Gasteiger partial charge is 0.315 e. The number of nitrogens with one attached hydrogen (secondary N) is 3. The summed E-state index contributed by atoms with van der Waals surface area (Å²) < 4.78 is 0. The van der Waals surface area contributed by atoms with Gasteiger partial charge in [0.2, 0.25) is 5.91 Å². The predicted molar refractivity (Wildman–Crippen MR) is 87.5 cm³/mol. The summed E-state index contributed by atoms with van der Waals surface area (Å²) in [7, 11) is 0. The first-order valence-electron chi connectivity index (χ1n) is 7.96. The summed E-state index contributed by atoms with van der Waals surface area (Å²) in [4.78, 5) is 23.4. The summed E-state index contributed by atoms with van der Waals surface area (Å²) in [5, 5.41) is 8.57. The van der Waals surface area contributed by atoms with Gasteiger partial charge in [-0.25, -0.2) is 4.79 Å². The molecule has 0 aromatic heterocycles. The molecule has 1 saturated carbocycles. The lowest BCUT2D eigenvalue weighted by molar-refractivity contribution is -0.117. The van der Waals surface area contributed by atoms with Crippen LogP contribution in [0, 0.1) is 11.8 Å². The third kappa shape index (κ3) is 5.76. The molecule has 0 bridgehead atoms. The molecule has 0 unspecified atom stereocenters. The van der Waals surface area contributed by atoms with Crippen molar-refractivity contribution in [2.24, 2.45) is 11.8 Å². The van der Waals surface area contributed by atoms with Crippen molar-refractivity contribution in [3.8, 4) is 0 Å². The number of rotatable bonds is 7. The summed E-state index contributed by atoms with van der Waals surface area (Å²) >= 11 is 0. The SMILES string of the molecule is CC(C)CCNC(=O)NCc1cccc(NC(=O)C2CC2)c1. The maximum Gasteiger partial charge on any atom is 0.315 e. The number of hydrogen-bond donors (Lipinski definition) is 3. The van der Waals surface area contributed by atoms with Crippen LogP contribution in [0.3, 0.4) is 0 Å². The van der Waals surface area contributed by atoms with Crippen molar-refractivity contribution in [2.75, 3.05) is 11.9 Å². The van der Waals surface area contributed by atoms with E-state index in [0.717, 1.165) is 30.5 Å². The lowest BCUT2D eigenvalue weighted by Gasteiger charge is -2.10. The van der Waals surface area contributed by atoms with Crippen LogP contribution in [0.25, 0.3) is 0 Å². The summed E-state index contributed by atoms with van der Waals surface area (Å²) in [6.45, 7) is 5.38. The fourth-order valence-electron chi connectivity index (χ4n) is 2.07. The van der Waals surface area contributed by atoms with Gasteiger partial charge in [0.05, 0.1) is 0 Å². The summed E-state index contributed by atoms with van der Waals surface area (Å²) in [5.41, 5.74) is 1.75. The molecule has 2 rings (SSSR count). The largest absolute Gasteiger partial charge is 0.338 e. The van der Waals surface area contributed by atoms with E-state index in [1.54, 1.807) is 0 Å². The minimum Gasteiger partial charge on any atom is -0.338 e. The van der Waals surface area contributed by atoms with Gasteiger partial charge < -0.3 is 16.0 Å². The Morgan fingerprint density at radius 3 is 2.68 bits per heavy atom. The lowest BCUT2D eigenvalue weighted by Crippen LogP contribution is -2.35. The van der Waals surface area contributed by atoms with Crippen molar-refractivity contribution < 1.29 is 9.59 Å². The molecule has 3 amide bonds. The zero-order valence-corrected chi connectivity index (χ0v) is 13.3. The van der Waals surface area contributed by atoms with Gasteiger partial charge in [0.25, 0.3) is 0 Å². The first-order valence-corrected chi connectivity index (χ1v) is 7.96. The number of urea groups is 1. The zero-order valence-electron chi connectivity index (χ0n) is 13.3. The van der Waals surface area contributed by atoms with Crippen LogP contribution in [-0.4, -0.2) is 18.5 Å². The van der Waals surface area contributed by atoms with Gasteiger partial charge in [-0.1, -0.05) is 26.0 Å². The van der Waals surface area contributed by atoms with Gasteiger partial charge in [-0.05, 0) is 42.9 Å². The molecule has 1 aliphatic rings. The molecule has 22 heavy (non-hydrogen) atoms. The topological polar surface area (TPSA) is 70.2 Å². The molecule has 3 N–H and O–H groups in total. The average Bonchev–Trinajstić information content (AvgIpc) is 3.30. The second-order valence-corrected chi connectivity index (χ2v) is 6.26. The van der Waals surface area contributed by atoms with Crippen molar-refractivity contribution in [1.29, 1.82) is 0 Å². The fourth-order valence-corrected chi connectivity index (χ4v) is 2.07. The van der Waals surface area contributed by atoms with E-state index in [2.05, 4.69) is 29.8 Å². The summed E-state index contributed by atoms with van der Waals surface area (Å²) in [6.07, 6.45) is 2.95. The van der Waals surface area contributed by atoms with Crippen LogP contribution >= 0.6 is 0 Å². The van der Waals surface area contributed by atoms with Gasteiger partial charge in [0.15, 0.2) is 0 Å². The number of amides is 3. The monoisotopic (exact) mass is 303 g/mol. The molecule has 0 aliphatic heterocycles. The Labute approximate surface area is 131 Å². The molecule has 0 spiro atoms. The first kappa shape index (κ1) is 16.3. The number of carbonyl (C=O) groups is 2. The number of hydrogen-bond acceptors (Lipinski definition) is 2. The Bertz CT molecular complexity index is 524. The molecule has 120 valence electrons. The van der Waals surface area contributed by atoms with Gasteiger partial charge in [-0.2, -0.15) is 0 Å². The van der Waals surface area contributed by atoms with Crippen molar-refractivity contribution in [2.45, 2.75) is 39.7 Å². The Kier molecular flexibility index (Phi) is 5.81. The van der Waals surface area contributed by atoms with Crippen LogP contribution in [0.5, 0.6) is 0 Å². The predicted octanol–water partition coefficient (Wildman–Crippen LogP) is 2.88. The normalized spacial score (nSPS) is 13.8. The van der Waals surface area contributed by atoms with E-state index in [-0.39, 0.29) is 17.9 Å². The number of carbonyl (C=O) groups excluding carboxylic acids is 2. The Hall–Kier alpha value is -2.04. The van der Waals surface area contributed by atoms with Crippen LogP contribution in [0.15, 0.2) is 24.3 Å². The van der Waals surface area contributed by atoms with Gasteiger partial charge >= 0.3 is 6.03 Å². The maximum atomic E-state index is 11.7. The maximum absolute atomic E-state index is 11.7. The highest BCUT2D eigenvalue weighted by Crippen LogP contribution is 2.30. The quantitative estimate of drug-likeness (QED) is 0.725. The molecule has 0 radical (unpaired) electrons. The van der Waals surface area contributed by atoms with E-state index in [1.807, 2.05) is 24.3 Å². The molecular formula is C17H25N3O2. The summed E-state index contributed by atoms with van der Waals surface area (Å²) in [6, 6.07) is 7.42. The Morgan fingerprint density at radius 2 is 2.00 bits per heavy atom. The fraction of sp³-hybridized carbons (Fsp3) is 0.529. The van der Waals surface area contributed by atoms with E-state index in [0.29, 0.717) is 19.0 Å². The highest BCUT2D eigenvalue weighted by molar-refractivity contribution is 5.94. The van der Waals surface area contributed by atoms with Gasteiger partial charge in [-0.15, -0.1) is 0 Å². The second-order valence-electron chi connectivity index (χ2n) is 6.26. The van der Waals surface area contributed by atoms with E-state index < -0.39 is 0 Å². The van der Waals surface area contributed by atoms with E-state index in [4.69, 9.17) is 0 Å². The highest BCUT2D eigenvalue weighted by atomic mass is 16.2. The third-order valence-electron chi connectivity index (χ3n) is 3.60.